The smallest absolute Gasteiger partial charge is 0.485 e. The number of quaternary nitrogens is 1. The van der Waals surface area contributed by atoms with Crippen molar-refractivity contribution >= 4 is 15.8 Å². The minimum Gasteiger partial charge on any atom is -0.741 e. The van der Waals surface area contributed by atoms with Crippen molar-refractivity contribution in [1.29, 1.82) is 0 Å². The van der Waals surface area contributed by atoms with Crippen LogP contribution in [0.15, 0.2) is 30.3 Å². The molecule has 0 radical (unpaired) electrons. The van der Waals surface area contributed by atoms with Crippen molar-refractivity contribution in [2.45, 2.75) is 19.4 Å². The molecule has 0 aromatic heterocycles. The van der Waals surface area contributed by atoms with Crippen LogP contribution < -0.4 is 4.48 Å². The summed E-state index contributed by atoms with van der Waals surface area (Å²) in [6.07, 6.45) is 0. The van der Waals surface area contributed by atoms with Gasteiger partial charge in [0, 0.05) is 0 Å². The molecule has 0 amide bonds. The first kappa shape index (κ1) is 18.9. The monoisotopic (exact) mass is 313 g/mol. The molecule has 0 N–H and O–H groups in total. The maximum atomic E-state index is 10.7. The number of hydrogen-bond donors (Lipinski definition) is 0. The first-order valence-electron chi connectivity index (χ1n) is 5.90. The van der Waals surface area contributed by atoms with Crippen LogP contribution >= 0.6 is 0 Å². The van der Waals surface area contributed by atoms with Gasteiger partial charge in [-0.2, -0.15) is 13.2 Å². The molecule has 8 heteroatoms. The highest BCUT2D eigenvalue weighted by Crippen LogP contribution is 2.20. The molecule has 0 fully saturated rings. The van der Waals surface area contributed by atoms with Crippen LogP contribution in [0.5, 0.6) is 0 Å². The van der Waals surface area contributed by atoms with Crippen molar-refractivity contribution in [3.05, 3.63) is 30.3 Å². The van der Waals surface area contributed by atoms with E-state index in [1.54, 1.807) is 0 Å². The lowest BCUT2D eigenvalue weighted by Gasteiger charge is -2.31. The van der Waals surface area contributed by atoms with E-state index in [0.29, 0.717) is 0 Å². The van der Waals surface area contributed by atoms with Gasteiger partial charge in [0.1, 0.15) is 5.69 Å². The molecule has 0 aliphatic rings. The molecule has 1 rings (SSSR count). The Morgan fingerprint density at radius 2 is 1.45 bits per heavy atom. The summed E-state index contributed by atoms with van der Waals surface area (Å²) in [5, 5.41) is 0. The molecular weight excluding hydrogens is 295 g/mol. The second-order valence-electron chi connectivity index (χ2n) is 4.26. The Kier molecular flexibility index (Phi) is 6.66. The van der Waals surface area contributed by atoms with Crippen LogP contribution in [-0.4, -0.2) is 38.6 Å². The summed E-state index contributed by atoms with van der Waals surface area (Å²) in [5.41, 5.74) is -4.24. The van der Waals surface area contributed by atoms with E-state index in [1.807, 2.05) is 0 Å². The van der Waals surface area contributed by atoms with Crippen LogP contribution in [0.2, 0.25) is 0 Å². The lowest BCUT2D eigenvalue weighted by atomic mass is 10.2. The van der Waals surface area contributed by atoms with E-state index in [2.05, 4.69) is 51.2 Å². The molecule has 0 aliphatic heterocycles. The van der Waals surface area contributed by atoms with Crippen molar-refractivity contribution in [3.8, 4) is 0 Å². The normalized spacial score (nSPS) is 12.6. The molecule has 20 heavy (non-hydrogen) atoms. The third-order valence-electron chi connectivity index (χ3n) is 3.06. The Morgan fingerprint density at radius 3 is 1.70 bits per heavy atom. The summed E-state index contributed by atoms with van der Waals surface area (Å²) < 4.78 is 59.9. The minimum atomic E-state index is -6.09. The number of rotatable bonds is 3. The topological polar surface area (TPSA) is 57.2 Å². The van der Waals surface area contributed by atoms with Gasteiger partial charge in [-0.05, 0) is 26.0 Å². The quantitative estimate of drug-likeness (QED) is 0.490. The largest absolute Gasteiger partial charge is 0.741 e. The minimum absolute atomic E-state index is 1.03. The number of para-hydroxylation sites is 1. The summed E-state index contributed by atoms with van der Waals surface area (Å²) in [4.78, 5) is 0. The first-order chi connectivity index (χ1) is 8.98. The standard InChI is InChI=1S/C11H18N.CHF3O3S/c1-4-12(3,5-2)11-9-7-6-8-10-11;2-1(3,4)8(5,6)7/h6-10H,4-5H2,1-3H3;(H,5,6,7)/q+1;/p-1. The van der Waals surface area contributed by atoms with Gasteiger partial charge in [-0.3, -0.25) is 4.48 Å². The first-order valence-corrected chi connectivity index (χ1v) is 7.31. The van der Waals surface area contributed by atoms with E-state index < -0.39 is 15.6 Å². The zero-order valence-electron chi connectivity index (χ0n) is 11.5. The van der Waals surface area contributed by atoms with E-state index in [4.69, 9.17) is 13.0 Å². The predicted molar refractivity (Wildman–Crippen MR) is 71.0 cm³/mol. The van der Waals surface area contributed by atoms with E-state index >= 15 is 0 Å². The van der Waals surface area contributed by atoms with Crippen LogP contribution in [0.4, 0.5) is 18.9 Å². The molecule has 4 nitrogen and oxygen atoms in total. The fourth-order valence-electron chi connectivity index (χ4n) is 1.38. The van der Waals surface area contributed by atoms with Gasteiger partial charge in [0.25, 0.3) is 0 Å². The fraction of sp³-hybridized carbons (Fsp3) is 0.500. The van der Waals surface area contributed by atoms with Gasteiger partial charge in [-0.1, -0.05) is 18.2 Å². The summed E-state index contributed by atoms with van der Waals surface area (Å²) in [5.74, 6) is 0. The van der Waals surface area contributed by atoms with Gasteiger partial charge >= 0.3 is 5.51 Å². The van der Waals surface area contributed by atoms with E-state index in [0.717, 1.165) is 17.6 Å². The Balaban J connectivity index is 0.000000396. The van der Waals surface area contributed by atoms with Crippen molar-refractivity contribution in [3.63, 3.8) is 0 Å². The van der Waals surface area contributed by atoms with Crippen molar-refractivity contribution in [2.24, 2.45) is 0 Å². The molecule has 0 heterocycles. The SMILES string of the molecule is CC[N+](C)(CC)c1ccccc1.O=S(=O)([O-])C(F)(F)F. The van der Waals surface area contributed by atoms with Crippen molar-refractivity contribution in [1.82, 2.24) is 4.48 Å². The summed E-state index contributed by atoms with van der Waals surface area (Å²) in [6.45, 7) is 6.77. The maximum absolute atomic E-state index is 10.7. The summed E-state index contributed by atoms with van der Waals surface area (Å²) in [6, 6.07) is 10.7. The second kappa shape index (κ2) is 7.05. The third-order valence-corrected chi connectivity index (χ3v) is 3.63. The number of halogens is 3. The Labute approximate surface area is 117 Å². The molecule has 1 aromatic carbocycles. The van der Waals surface area contributed by atoms with Gasteiger partial charge in [0.05, 0.1) is 20.1 Å². The highest BCUT2D eigenvalue weighted by molar-refractivity contribution is 7.86. The van der Waals surface area contributed by atoms with Crippen LogP contribution in [0.3, 0.4) is 0 Å². The van der Waals surface area contributed by atoms with Crippen molar-refractivity contribution in [2.75, 3.05) is 20.1 Å². The number of benzene rings is 1. The molecule has 116 valence electrons. The summed E-state index contributed by atoms with van der Waals surface area (Å²) >= 11 is 0. The Hall–Kier alpha value is -1.12. The molecule has 0 atom stereocenters. The van der Waals surface area contributed by atoms with Gasteiger partial charge in [-0.25, -0.2) is 8.42 Å². The van der Waals surface area contributed by atoms with Gasteiger partial charge in [0.15, 0.2) is 10.1 Å². The highest BCUT2D eigenvalue weighted by atomic mass is 32.2. The number of alkyl halides is 3. The molecule has 0 bridgehead atoms. The van der Waals surface area contributed by atoms with E-state index in [9.17, 15) is 13.2 Å². The predicted octanol–water partition coefficient (Wildman–Crippen LogP) is 2.71. The van der Waals surface area contributed by atoms with Crippen LogP contribution in [-0.2, 0) is 10.1 Å². The van der Waals surface area contributed by atoms with E-state index in [1.165, 1.54) is 5.69 Å². The molecule has 0 spiro atoms. The average Bonchev–Trinajstić information content (AvgIpc) is 2.37. The van der Waals surface area contributed by atoms with E-state index in [-0.39, 0.29) is 0 Å². The van der Waals surface area contributed by atoms with Crippen LogP contribution in [0.1, 0.15) is 13.8 Å². The molecule has 0 saturated carbocycles. The molecule has 0 aliphatic carbocycles. The van der Waals surface area contributed by atoms with Crippen molar-refractivity contribution < 1.29 is 26.1 Å². The van der Waals surface area contributed by atoms with Gasteiger partial charge in [-0.15, -0.1) is 0 Å². The second-order valence-corrected chi connectivity index (χ2v) is 5.63. The molecule has 0 unspecified atom stereocenters. The van der Waals surface area contributed by atoms with Gasteiger partial charge < -0.3 is 4.55 Å². The maximum Gasteiger partial charge on any atom is 0.485 e. The fourth-order valence-corrected chi connectivity index (χ4v) is 1.38. The summed E-state index contributed by atoms with van der Waals surface area (Å²) in [7, 11) is -3.82. The third kappa shape index (κ3) is 5.48. The molecule has 0 saturated heterocycles. The molecular formula is C12H18F3NO3S. The Morgan fingerprint density at radius 1 is 1.10 bits per heavy atom. The number of hydrogen-bond acceptors (Lipinski definition) is 3. The zero-order valence-corrected chi connectivity index (χ0v) is 12.3. The van der Waals surface area contributed by atoms with Crippen LogP contribution in [0, 0.1) is 0 Å². The Bertz CT molecular complexity index is 496. The average molecular weight is 313 g/mol. The van der Waals surface area contributed by atoms with Crippen LogP contribution in [0.25, 0.3) is 0 Å². The lowest BCUT2D eigenvalue weighted by molar-refractivity contribution is -0.0517. The highest BCUT2D eigenvalue weighted by Gasteiger charge is 2.36. The zero-order chi connectivity index (χ0) is 16.0. The molecule has 1 aromatic rings. The van der Waals surface area contributed by atoms with Gasteiger partial charge in [0.2, 0.25) is 0 Å². The lowest BCUT2D eigenvalue weighted by Crippen LogP contribution is -2.44. The number of nitrogens with zero attached hydrogens (tertiary/aromatic N) is 1.